The molecule has 2 unspecified atom stereocenters. The number of rotatable bonds is 7. The van der Waals surface area contributed by atoms with Crippen LogP contribution in [0, 0.1) is 5.92 Å². The second kappa shape index (κ2) is 9.31. The van der Waals surface area contributed by atoms with Crippen LogP contribution in [0.2, 0.25) is 0 Å². The zero-order valence-electron chi connectivity index (χ0n) is 14.5. The lowest BCUT2D eigenvalue weighted by molar-refractivity contribution is -0.125. The number of nitrogens with two attached hydrogens (primary N) is 1. The first-order valence-electron chi connectivity index (χ1n) is 8.26. The fraction of sp³-hybridized carbons (Fsp3) is 0.316. The number of carbonyl (C=O) groups excluding carboxylic acids is 1. The molecule has 2 aromatic carbocycles. The number of amides is 1. The quantitative estimate of drug-likeness (QED) is 0.724. The monoisotopic (exact) mass is 378 g/mol. The van der Waals surface area contributed by atoms with E-state index in [-0.39, 0.29) is 37.1 Å². The van der Waals surface area contributed by atoms with Gasteiger partial charge in [0.2, 0.25) is 12.7 Å². The number of benzene rings is 2. The predicted molar refractivity (Wildman–Crippen MR) is 101 cm³/mol. The molecule has 1 heterocycles. The van der Waals surface area contributed by atoms with Gasteiger partial charge in [0.05, 0.1) is 12.5 Å². The van der Waals surface area contributed by atoms with Gasteiger partial charge >= 0.3 is 0 Å². The molecule has 6 nitrogen and oxygen atoms in total. The third-order valence-corrected chi connectivity index (χ3v) is 4.15. The molecule has 140 valence electrons. The van der Waals surface area contributed by atoms with Gasteiger partial charge in [-0.05, 0) is 17.7 Å². The van der Waals surface area contributed by atoms with Gasteiger partial charge in [0.1, 0.15) is 12.4 Å². The molecule has 7 heteroatoms. The second-order valence-electron chi connectivity index (χ2n) is 5.88. The van der Waals surface area contributed by atoms with Crippen molar-refractivity contribution < 1.29 is 19.0 Å². The van der Waals surface area contributed by atoms with Crippen molar-refractivity contribution >= 4 is 18.3 Å². The molecule has 3 N–H and O–H groups in total. The highest BCUT2D eigenvalue weighted by Crippen LogP contribution is 2.34. The van der Waals surface area contributed by atoms with Crippen LogP contribution in [0.5, 0.6) is 17.2 Å². The molecule has 0 radical (unpaired) electrons. The summed E-state index contributed by atoms with van der Waals surface area (Å²) in [5.41, 5.74) is 7.12. The van der Waals surface area contributed by atoms with Gasteiger partial charge in [0.25, 0.3) is 0 Å². The van der Waals surface area contributed by atoms with E-state index >= 15 is 0 Å². The summed E-state index contributed by atoms with van der Waals surface area (Å²) in [6, 6.07) is 14.7. The van der Waals surface area contributed by atoms with E-state index in [1.54, 1.807) is 12.1 Å². The Labute approximate surface area is 159 Å². The van der Waals surface area contributed by atoms with Crippen LogP contribution in [0.15, 0.2) is 48.5 Å². The summed E-state index contributed by atoms with van der Waals surface area (Å²) < 4.78 is 16.2. The van der Waals surface area contributed by atoms with Gasteiger partial charge in [-0.2, -0.15) is 0 Å². The van der Waals surface area contributed by atoms with Crippen LogP contribution in [0.4, 0.5) is 0 Å². The highest BCUT2D eigenvalue weighted by Gasteiger charge is 2.21. The Kier molecular flexibility index (Phi) is 7.12. The molecule has 1 aliphatic rings. The van der Waals surface area contributed by atoms with Crippen LogP contribution in [0.3, 0.4) is 0 Å². The van der Waals surface area contributed by atoms with Crippen molar-refractivity contribution in [3.8, 4) is 17.2 Å². The van der Waals surface area contributed by atoms with Crippen LogP contribution in [-0.4, -0.2) is 25.9 Å². The van der Waals surface area contributed by atoms with Gasteiger partial charge < -0.3 is 25.3 Å². The summed E-state index contributed by atoms with van der Waals surface area (Å²) in [6.07, 6.45) is 0. The van der Waals surface area contributed by atoms with Crippen molar-refractivity contribution in [1.29, 1.82) is 0 Å². The summed E-state index contributed by atoms with van der Waals surface area (Å²) in [5.74, 6) is 1.64. The minimum Gasteiger partial charge on any atom is -0.492 e. The number of hydrogen-bond acceptors (Lipinski definition) is 5. The first kappa shape index (κ1) is 19.9. The topological polar surface area (TPSA) is 82.8 Å². The van der Waals surface area contributed by atoms with Crippen LogP contribution in [-0.2, 0) is 4.79 Å². The molecular formula is C19H23ClN2O4. The molecule has 1 aliphatic heterocycles. The van der Waals surface area contributed by atoms with Crippen LogP contribution in [0.1, 0.15) is 18.5 Å². The second-order valence-corrected chi connectivity index (χ2v) is 5.88. The van der Waals surface area contributed by atoms with E-state index in [1.165, 1.54) is 0 Å². The highest BCUT2D eigenvalue weighted by molar-refractivity contribution is 5.85. The van der Waals surface area contributed by atoms with Crippen molar-refractivity contribution in [2.24, 2.45) is 11.7 Å². The number of carbonyl (C=O) groups is 1. The first-order valence-corrected chi connectivity index (χ1v) is 8.26. The van der Waals surface area contributed by atoms with E-state index < -0.39 is 0 Å². The van der Waals surface area contributed by atoms with Gasteiger partial charge in [-0.15, -0.1) is 12.4 Å². The van der Waals surface area contributed by atoms with E-state index in [9.17, 15) is 4.79 Å². The summed E-state index contributed by atoms with van der Waals surface area (Å²) in [5, 5.41) is 2.86. The molecular weight excluding hydrogens is 356 g/mol. The lowest BCUT2D eigenvalue weighted by atomic mass is 9.95. The minimum atomic E-state index is -0.337. The Bertz CT molecular complexity index is 727. The van der Waals surface area contributed by atoms with Crippen molar-refractivity contribution in [1.82, 2.24) is 5.32 Å². The summed E-state index contributed by atoms with van der Waals surface area (Å²) in [6.45, 7) is 2.82. The summed E-state index contributed by atoms with van der Waals surface area (Å²) >= 11 is 0. The first-order chi connectivity index (χ1) is 12.1. The van der Waals surface area contributed by atoms with Crippen molar-refractivity contribution in [3.05, 3.63) is 54.1 Å². The van der Waals surface area contributed by atoms with E-state index in [1.807, 2.05) is 43.3 Å². The normalized spacial score (nSPS) is 14.1. The molecule has 0 aliphatic carbocycles. The maximum absolute atomic E-state index is 12.2. The van der Waals surface area contributed by atoms with Gasteiger partial charge in [-0.3, -0.25) is 4.79 Å². The lowest BCUT2D eigenvalue weighted by Crippen LogP contribution is -2.37. The fourth-order valence-electron chi connectivity index (χ4n) is 2.60. The van der Waals surface area contributed by atoms with Crippen molar-refractivity contribution in [3.63, 3.8) is 0 Å². The molecule has 3 rings (SSSR count). The Morgan fingerprint density at radius 1 is 1.19 bits per heavy atom. The highest BCUT2D eigenvalue weighted by atomic mass is 35.5. The van der Waals surface area contributed by atoms with Crippen molar-refractivity contribution in [2.75, 3.05) is 19.9 Å². The molecule has 0 bridgehead atoms. The minimum absolute atomic E-state index is 0. The number of halogens is 1. The Morgan fingerprint density at radius 3 is 2.69 bits per heavy atom. The Hall–Kier alpha value is -2.44. The number of nitrogens with one attached hydrogen (secondary N) is 1. The molecule has 0 saturated heterocycles. The summed E-state index contributed by atoms with van der Waals surface area (Å²) in [4.78, 5) is 12.2. The van der Waals surface area contributed by atoms with Crippen LogP contribution >= 0.6 is 12.4 Å². The van der Waals surface area contributed by atoms with Gasteiger partial charge in [0.15, 0.2) is 11.5 Å². The van der Waals surface area contributed by atoms with Crippen molar-refractivity contribution in [2.45, 2.75) is 13.0 Å². The summed E-state index contributed by atoms with van der Waals surface area (Å²) in [7, 11) is 0. The number of fused-ring (bicyclic) bond motifs is 1. The van der Waals surface area contributed by atoms with Gasteiger partial charge in [0, 0.05) is 12.1 Å². The smallest absolute Gasteiger partial charge is 0.231 e. The zero-order valence-corrected chi connectivity index (χ0v) is 15.3. The van der Waals surface area contributed by atoms with E-state index in [0.717, 1.165) is 5.56 Å². The Morgan fingerprint density at radius 2 is 1.92 bits per heavy atom. The predicted octanol–water partition coefficient (Wildman–Crippen LogP) is 2.67. The average Bonchev–Trinajstić information content (AvgIpc) is 3.12. The molecule has 2 aromatic rings. The maximum atomic E-state index is 12.2. The molecule has 0 saturated carbocycles. The Balaban J connectivity index is 0.00000243. The third-order valence-electron chi connectivity index (χ3n) is 4.15. The standard InChI is InChI=1S/C19H22N2O4.ClH/c1-13(18(20)14-5-3-2-4-6-14)19(22)21-9-10-23-15-7-8-16-17(11-15)25-12-24-16;/h2-8,11,13,18H,9-10,12,20H2,1H3,(H,21,22);1H. The van der Waals surface area contributed by atoms with Gasteiger partial charge in [-0.1, -0.05) is 37.3 Å². The average molecular weight is 379 g/mol. The van der Waals surface area contributed by atoms with Crippen LogP contribution in [0.25, 0.3) is 0 Å². The number of ether oxygens (including phenoxy) is 3. The molecule has 1 amide bonds. The maximum Gasteiger partial charge on any atom is 0.231 e. The largest absolute Gasteiger partial charge is 0.492 e. The van der Waals surface area contributed by atoms with Crippen LogP contribution < -0.4 is 25.3 Å². The van der Waals surface area contributed by atoms with E-state index in [0.29, 0.717) is 30.4 Å². The van der Waals surface area contributed by atoms with E-state index in [4.69, 9.17) is 19.9 Å². The third kappa shape index (κ3) is 4.80. The molecule has 26 heavy (non-hydrogen) atoms. The molecule has 2 atom stereocenters. The number of hydrogen-bond donors (Lipinski definition) is 2. The zero-order chi connectivity index (χ0) is 17.6. The van der Waals surface area contributed by atoms with Gasteiger partial charge in [-0.25, -0.2) is 0 Å². The fourth-order valence-corrected chi connectivity index (χ4v) is 2.60. The molecule has 0 fully saturated rings. The SMILES string of the molecule is CC(C(=O)NCCOc1ccc2c(c1)OCO2)C(N)c1ccccc1.Cl. The van der Waals surface area contributed by atoms with E-state index in [2.05, 4.69) is 5.32 Å². The molecule has 0 aromatic heterocycles. The lowest BCUT2D eigenvalue weighted by Gasteiger charge is -2.19. The molecule has 0 spiro atoms.